The summed E-state index contributed by atoms with van der Waals surface area (Å²) < 4.78 is 0. The Morgan fingerprint density at radius 1 is 1.40 bits per heavy atom. The van der Waals surface area contributed by atoms with Crippen molar-refractivity contribution < 1.29 is 10.2 Å². The third kappa shape index (κ3) is 3.27. The van der Waals surface area contributed by atoms with Gasteiger partial charge in [-0.05, 0) is 31.0 Å². The summed E-state index contributed by atoms with van der Waals surface area (Å²) in [5, 5.41) is 21.3. The van der Waals surface area contributed by atoms with Gasteiger partial charge >= 0.3 is 0 Å². The number of pyridine rings is 1. The van der Waals surface area contributed by atoms with E-state index in [-0.39, 0.29) is 13.2 Å². The Morgan fingerprint density at radius 2 is 2.07 bits per heavy atom. The molecule has 0 radical (unpaired) electrons. The van der Waals surface area contributed by atoms with Crippen LogP contribution < -0.4 is 5.32 Å². The Morgan fingerprint density at radius 3 is 2.60 bits per heavy atom. The number of aliphatic hydroxyl groups excluding tert-OH is 2. The smallest absolute Gasteiger partial charge is 0.0633 e. The van der Waals surface area contributed by atoms with E-state index in [2.05, 4.69) is 10.3 Å². The van der Waals surface area contributed by atoms with Crippen LogP contribution in [0.2, 0.25) is 0 Å². The van der Waals surface area contributed by atoms with E-state index in [1.165, 1.54) is 0 Å². The Hall–Kier alpha value is -0.970. The van der Waals surface area contributed by atoms with Gasteiger partial charge in [0.2, 0.25) is 0 Å². The first-order valence-corrected chi connectivity index (χ1v) is 4.97. The average molecular weight is 210 g/mol. The lowest BCUT2D eigenvalue weighted by molar-refractivity contribution is 0.103. The molecule has 1 aromatic heterocycles. The van der Waals surface area contributed by atoms with Crippen molar-refractivity contribution in [3.8, 4) is 0 Å². The molecule has 15 heavy (non-hydrogen) atoms. The quantitative estimate of drug-likeness (QED) is 0.650. The van der Waals surface area contributed by atoms with Crippen molar-refractivity contribution in [1.82, 2.24) is 10.3 Å². The molecule has 0 saturated carbocycles. The first-order chi connectivity index (χ1) is 7.11. The zero-order chi connectivity index (χ0) is 11.3. The molecule has 0 aliphatic heterocycles. The fourth-order valence-corrected chi connectivity index (χ4v) is 1.15. The molecule has 0 aliphatic carbocycles. The maximum atomic E-state index is 9.09. The number of nitrogens with zero attached hydrogens (tertiary/aromatic N) is 1. The molecule has 0 bridgehead atoms. The van der Waals surface area contributed by atoms with Crippen molar-refractivity contribution in [2.75, 3.05) is 13.2 Å². The summed E-state index contributed by atoms with van der Waals surface area (Å²) in [6, 6.07) is 1.94. The molecule has 4 nitrogen and oxygen atoms in total. The minimum Gasteiger partial charge on any atom is -0.394 e. The standard InChI is InChI=1S/C11H18N2O2/c1-9-3-4-12-5-10(9)6-13-11(2,7-14)8-15/h3-5,13-15H,6-8H2,1-2H3. The van der Waals surface area contributed by atoms with Gasteiger partial charge < -0.3 is 15.5 Å². The van der Waals surface area contributed by atoms with Crippen molar-refractivity contribution in [1.29, 1.82) is 0 Å². The fourth-order valence-electron chi connectivity index (χ4n) is 1.15. The summed E-state index contributed by atoms with van der Waals surface area (Å²) in [5.74, 6) is 0. The van der Waals surface area contributed by atoms with E-state index in [0.29, 0.717) is 6.54 Å². The minimum absolute atomic E-state index is 0.0944. The number of aliphatic hydroxyl groups is 2. The highest BCUT2D eigenvalue weighted by Crippen LogP contribution is 2.07. The lowest BCUT2D eigenvalue weighted by atomic mass is 10.0. The summed E-state index contributed by atoms with van der Waals surface area (Å²) in [7, 11) is 0. The van der Waals surface area contributed by atoms with Crippen molar-refractivity contribution in [2.45, 2.75) is 25.9 Å². The topological polar surface area (TPSA) is 65.4 Å². The first kappa shape index (κ1) is 12.1. The number of hydrogen-bond acceptors (Lipinski definition) is 4. The van der Waals surface area contributed by atoms with Crippen LogP contribution in [0, 0.1) is 6.92 Å². The first-order valence-electron chi connectivity index (χ1n) is 4.97. The molecule has 84 valence electrons. The van der Waals surface area contributed by atoms with Gasteiger partial charge in [-0.1, -0.05) is 0 Å². The van der Waals surface area contributed by atoms with Crippen LogP contribution >= 0.6 is 0 Å². The molecule has 1 heterocycles. The van der Waals surface area contributed by atoms with Gasteiger partial charge in [-0.2, -0.15) is 0 Å². The molecule has 1 rings (SSSR count). The summed E-state index contributed by atoms with van der Waals surface area (Å²) >= 11 is 0. The van der Waals surface area contributed by atoms with E-state index in [1.54, 1.807) is 19.3 Å². The predicted octanol–water partition coefficient (Wildman–Crippen LogP) is 0.223. The molecule has 1 aromatic rings. The predicted molar refractivity (Wildman–Crippen MR) is 58.4 cm³/mol. The third-order valence-corrected chi connectivity index (χ3v) is 2.55. The third-order valence-electron chi connectivity index (χ3n) is 2.55. The molecule has 0 aromatic carbocycles. The highest BCUT2D eigenvalue weighted by molar-refractivity contribution is 5.21. The van der Waals surface area contributed by atoms with Gasteiger partial charge in [0, 0.05) is 18.9 Å². The van der Waals surface area contributed by atoms with Gasteiger partial charge in [-0.3, -0.25) is 4.98 Å². The van der Waals surface area contributed by atoms with Gasteiger partial charge in [0.15, 0.2) is 0 Å². The second-order valence-electron chi connectivity index (χ2n) is 4.03. The molecule has 0 aliphatic rings. The van der Waals surface area contributed by atoms with Crippen LogP contribution in [-0.4, -0.2) is 33.9 Å². The number of rotatable bonds is 5. The van der Waals surface area contributed by atoms with Crippen LogP contribution in [-0.2, 0) is 6.54 Å². The van der Waals surface area contributed by atoms with Gasteiger partial charge in [0.25, 0.3) is 0 Å². The van der Waals surface area contributed by atoms with Crippen LogP contribution in [0.3, 0.4) is 0 Å². The molecule has 0 unspecified atom stereocenters. The van der Waals surface area contributed by atoms with Crippen molar-refractivity contribution in [3.63, 3.8) is 0 Å². The molecule has 0 spiro atoms. The van der Waals surface area contributed by atoms with Crippen LogP contribution in [0.5, 0.6) is 0 Å². The second kappa shape index (κ2) is 5.21. The van der Waals surface area contributed by atoms with Crippen LogP contribution in [0.15, 0.2) is 18.5 Å². The molecule has 0 fully saturated rings. The van der Waals surface area contributed by atoms with E-state index >= 15 is 0 Å². The number of hydrogen-bond donors (Lipinski definition) is 3. The highest BCUT2D eigenvalue weighted by Gasteiger charge is 2.21. The monoisotopic (exact) mass is 210 g/mol. The lowest BCUT2D eigenvalue weighted by Crippen LogP contribution is -2.48. The zero-order valence-corrected chi connectivity index (χ0v) is 9.20. The molecular weight excluding hydrogens is 192 g/mol. The van der Waals surface area contributed by atoms with E-state index in [1.807, 2.05) is 13.0 Å². The number of aromatic nitrogens is 1. The summed E-state index contributed by atoms with van der Waals surface area (Å²) in [5.41, 5.74) is 1.59. The van der Waals surface area contributed by atoms with Gasteiger partial charge in [-0.25, -0.2) is 0 Å². The average Bonchev–Trinajstić information content (AvgIpc) is 2.28. The second-order valence-corrected chi connectivity index (χ2v) is 4.03. The summed E-state index contributed by atoms with van der Waals surface area (Å²) in [6.07, 6.45) is 3.54. The van der Waals surface area contributed by atoms with Crippen molar-refractivity contribution >= 4 is 0 Å². The Labute approximate surface area is 90.0 Å². The lowest BCUT2D eigenvalue weighted by Gasteiger charge is -2.26. The molecule has 3 N–H and O–H groups in total. The van der Waals surface area contributed by atoms with E-state index < -0.39 is 5.54 Å². The normalized spacial score (nSPS) is 11.7. The molecule has 0 atom stereocenters. The number of aryl methyl sites for hydroxylation is 1. The van der Waals surface area contributed by atoms with Gasteiger partial charge in [-0.15, -0.1) is 0 Å². The van der Waals surface area contributed by atoms with Crippen molar-refractivity contribution in [3.05, 3.63) is 29.6 Å². The SMILES string of the molecule is Cc1ccncc1CNC(C)(CO)CO. The zero-order valence-electron chi connectivity index (χ0n) is 9.20. The van der Waals surface area contributed by atoms with Crippen molar-refractivity contribution in [2.24, 2.45) is 0 Å². The maximum absolute atomic E-state index is 9.09. The minimum atomic E-state index is -0.637. The Kier molecular flexibility index (Phi) is 4.20. The fraction of sp³-hybridized carbons (Fsp3) is 0.545. The Balaban J connectivity index is 2.61. The van der Waals surface area contributed by atoms with Crippen LogP contribution in [0.4, 0.5) is 0 Å². The molecule has 4 heteroatoms. The highest BCUT2D eigenvalue weighted by atomic mass is 16.3. The summed E-state index contributed by atoms with van der Waals surface area (Å²) in [6.45, 7) is 4.19. The maximum Gasteiger partial charge on any atom is 0.0633 e. The molecular formula is C11H18N2O2. The van der Waals surface area contributed by atoms with Crippen LogP contribution in [0.1, 0.15) is 18.1 Å². The summed E-state index contributed by atoms with van der Waals surface area (Å²) in [4.78, 5) is 4.03. The van der Waals surface area contributed by atoms with Gasteiger partial charge in [0.05, 0.1) is 18.8 Å². The Bertz CT molecular complexity index is 311. The van der Waals surface area contributed by atoms with Crippen LogP contribution in [0.25, 0.3) is 0 Å². The number of nitrogens with one attached hydrogen (secondary N) is 1. The largest absolute Gasteiger partial charge is 0.394 e. The van der Waals surface area contributed by atoms with E-state index in [0.717, 1.165) is 11.1 Å². The molecule has 0 amide bonds. The van der Waals surface area contributed by atoms with E-state index in [9.17, 15) is 0 Å². The van der Waals surface area contributed by atoms with Gasteiger partial charge in [0.1, 0.15) is 0 Å². The molecule has 0 saturated heterocycles. The van der Waals surface area contributed by atoms with E-state index in [4.69, 9.17) is 10.2 Å².